The van der Waals surface area contributed by atoms with Crippen LogP contribution in [0.15, 0.2) is 279 Å². The fourth-order valence-corrected chi connectivity index (χ4v) is 13.8. The predicted molar refractivity (Wildman–Crippen MR) is 358 cm³/mol. The van der Waals surface area contributed by atoms with E-state index in [1.165, 1.54) is 117 Å². The van der Waals surface area contributed by atoms with Crippen LogP contribution in [-0.4, -0.2) is 6.85 Å². The quantitative estimate of drug-likeness (QED) is 0.133. The molecule has 0 aromatic heterocycles. The maximum atomic E-state index is 2.69. The minimum Gasteiger partial charge on any atom is -0.376 e. The average Bonchev–Trinajstić information content (AvgIpc) is 1.42. The van der Waals surface area contributed by atoms with Crippen LogP contribution >= 0.6 is 0 Å². The molecule has 402 valence electrons. The molecule has 0 atom stereocenters. The van der Waals surface area contributed by atoms with Gasteiger partial charge in [0.05, 0.1) is 5.69 Å². The highest BCUT2D eigenvalue weighted by Gasteiger charge is 2.50. The standard InChI is InChI=1S/C80H64BN3/c1-53-48-62(79(2,3)4)39-47-73(53)83-75-51-65(82(63-40-34-58(35-41-63)54-22-11-7-12-23-54)64-42-36-59(37-43-64)55-24-13-8-14-25-55)44-45-72(75)81-77-69(52-71-76(78(77)83)67-32-19-20-33-70(67)80(71,5)6)68-50-61(57-28-17-10-18-29-57)38-46-74(68)84(81)66-31-21-30-60(49-66)56-26-15-9-16-27-56/h7-52H,1-6H3. The van der Waals surface area contributed by atoms with Crippen molar-refractivity contribution >= 4 is 63.3 Å². The van der Waals surface area contributed by atoms with Crippen LogP contribution in [0.5, 0.6) is 0 Å². The number of nitrogens with zero attached hydrogens (tertiary/aromatic N) is 3. The molecule has 2 heterocycles. The summed E-state index contributed by atoms with van der Waals surface area (Å²) in [6, 6.07) is 104. The van der Waals surface area contributed by atoms with E-state index in [1.807, 2.05) is 0 Å². The van der Waals surface area contributed by atoms with E-state index in [2.05, 4.69) is 335 Å². The summed E-state index contributed by atoms with van der Waals surface area (Å²) in [7, 11) is 0. The van der Waals surface area contributed by atoms with E-state index in [1.54, 1.807) is 0 Å². The van der Waals surface area contributed by atoms with Crippen LogP contribution in [0, 0.1) is 6.92 Å². The Morgan fingerprint density at radius 2 is 0.881 bits per heavy atom. The first-order valence-corrected chi connectivity index (χ1v) is 29.6. The molecule has 3 aliphatic rings. The van der Waals surface area contributed by atoms with Gasteiger partial charge in [-0.2, -0.15) is 0 Å². The molecule has 0 amide bonds. The highest BCUT2D eigenvalue weighted by molar-refractivity contribution is 6.94. The Balaban J connectivity index is 1.04. The lowest BCUT2D eigenvalue weighted by molar-refractivity contribution is 0.590. The summed E-state index contributed by atoms with van der Waals surface area (Å²) in [5, 5.41) is 0. The van der Waals surface area contributed by atoms with Crippen LogP contribution in [0.4, 0.5) is 45.5 Å². The van der Waals surface area contributed by atoms with Crippen LogP contribution in [0.1, 0.15) is 56.9 Å². The van der Waals surface area contributed by atoms with E-state index in [0.717, 1.165) is 28.4 Å². The summed E-state index contributed by atoms with van der Waals surface area (Å²) < 4.78 is 0. The van der Waals surface area contributed by atoms with Crippen molar-refractivity contribution in [1.29, 1.82) is 0 Å². The molecule has 12 aromatic carbocycles. The maximum absolute atomic E-state index is 2.69. The molecule has 0 fully saturated rings. The van der Waals surface area contributed by atoms with Crippen molar-refractivity contribution in [1.82, 2.24) is 0 Å². The van der Waals surface area contributed by atoms with Gasteiger partial charge < -0.3 is 14.6 Å². The zero-order chi connectivity index (χ0) is 56.8. The lowest BCUT2D eigenvalue weighted by Gasteiger charge is -2.47. The average molecular weight is 1080 g/mol. The van der Waals surface area contributed by atoms with E-state index < -0.39 is 0 Å². The van der Waals surface area contributed by atoms with E-state index in [9.17, 15) is 0 Å². The van der Waals surface area contributed by atoms with Gasteiger partial charge >= 0.3 is 6.85 Å². The second-order valence-electron chi connectivity index (χ2n) is 24.6. The topological polar surface area (TPSA) is 9.72 Å². The maximum Gasteiger partial charge on any atom is 0.333 e. The Kier molecular flexibility index (Phi) is 12.1. The molecule has 0 spiro atoms. The fourth-order valence-electron chi connectivity index (χ4n) is 13.8. The third kappa shape index (κ3) is 8.42. The van der Waals surface area contributed by atoms with Crippen LogP contribution < -0.4 is 25.5 Å². The zero-order valence-corrected chi connectivity index (χ0v) is 48.5. The number of anilines is 8. The van der Waals surface area contributed by atoms with Crippen molar-refractivity contribution in [2.45, 2.75) is 52.4 Å². The molecule has 0 N–H and O–H groups in total. The minimum atomic E-state index is -0.293. The van der Waals surface area contributed by atoms with Gasteiger partial charge in [0.2, 0.25) is 0 Å². The molecule has 84 heavy (non-hydrogen) atoms. The Bertz CT molecular complexity index is 4410. The Morgan fingerprint density at radius 3 is 1.46 bits per heavy atom. The van der Waals surface area contributed by atoms with Crippen LogP contribution in [0.2, 0.25) is 0 Å². The van der Waals surface area contributed by atoms with Gasteiger partial charge in [0.25, 0.3) is 0 Å². The fraction of sp³-hybridized carbons (Fsp3) is 0.100. The van der Waals surface area contributed by atoms with E-state index in [4.69, 9.17) is 0 Å². The van der Waals surface area contributed by atoms with Crippen molar-refractivity contribution in [3.63, 3.8) is 0 Å². The summed E-state index contributed by atoms with van der Waals surface area (Å²) >= 11 is 0. The normalized spacial score (nSPS) is 13.4. The predicted octanol–water partition coefficient (Wildman–Crippen LogP) is 20.4. The molecular weight excluding hydrogens is 1010 g/mol. The summed E-state index contributed by atoms with van der Waals surface area (Å²) in [6.07, 6.45) is 0. The van der Waals surface area contributed by atoms with Crippen molar-refractivity contribution in [2.75, 3.05) is 14.6 Å². The van der Waals surface area contributed by atoms with Crippen molar-refractivity contribution < 1.29 is 0 Å². The second-order valence-corrected chi connectivity index (χ2v) is 24.6. The molecule has 12 aromatic rings. The van der Waals surface area contributed by atoms with E-state index >= 15 is 0 Å². The van der Waals surface area contributed by atoms with Gasteiger partial charge in [0.15, 0.2) is 0 Å². The molecule has 0 bridgehead atoms. The molecule has 3 nitrogen and oxygen atoms in total. The van der Waals surface area contributed by atoms with Gasteiger partial charge in [-0.25, -0.2) is 0 Å². The monoisotopic (exact) mass is 1080 g/mol. The summed E-state index contributed by atoms with van der Waals surface area (Å²) in [5.74, 6) is 0. The molecule has 0 radical (unpaired) electrons. The molecule has 0 saturated heterocycles. The number of hydrogen-bond acceptors (Lipinski definition) is 3. The smallest absolute Gasteiger partial charge is 0.333 e. The Labute approximate surface area is 495 Å². The van der Waals surface area contributed by atoms with Gasteiger partial charge in [-0.15, -0.1) is 0 Å². The molecule has 2 aliphatic heterocycles. The first-order chi connectivity index (χ1) is 41.0. The van der Waals surface area contributed by atoms with Crippen LogP contribution in [0.3, 0.4) is 0 Å². The lowest BCUT2D eigenvalue weighted by Crippen LogP contribution is -2.61. The Hall–Kier alpha value is -9.90. The summed E-state index contributed by atoms with van der Waals surface area (Å²) in [5.41, 5.74) is 31.2. The summed E-state index contributed by atoms with van der Waals surface area (Å²) in [6.45, 7) is 13.9. The van der Waals surface area contributed by atoms with E-state index in [0.29, 0.717) is 0 Å². The highest BCUT2D eigenvalue weighted by atomic mass is 15.2. The van der Waals surface area contributed by atoms with Gasteiger partial charge in [-0.3, -0.25) is 0 Å². The molecule has 15 rings (SSSR count). The van der Waals surface area contributed by atoms with Crippen molar-refractivity contribution in [3.05, 3.63) is 301 Å². The van der Waals surface area contributed by atoms with Crippen LogP contribution in [-0.2, 0) is 10.8 Å². The molecule has 0 unspecified atom stereocenters. The Morgan fingerprint density at radius 1 is 0.381 bits per heavy atom. The third-order valence-corrected chi connectivity index (χ3v) is 18.1. The number of aryl methyl sites for hydroxylation is 1. The third-order valence-electron chi connectivity index (χ3n) is 18.1. The molecular formula is C80H64BN3. The number of fused-ring (bicyclic) bond motifs is 8. The molecule has 0 saturated carbocycles. The highest BCUT2D eigenvalue weighted by Crippen LogP contribution is 2.59. The summed E-state index contributed by atoms with van der Waals surface area (Å²) in [4.78, 5) is 7.82. The van der Waals surface area contributed by atoms with Gasteiger partial charge in [-0.1, -0.05) is 241 Å². The molecule has 4 heteroatoms. The first-order valence-electron chi connectivity index (χ1n) is 29.6. The first kappa shape index (κ1) is 51.0. The zero-order valence-electron chi connectivity index (χ0n) is 48.5. The van der Waals surface area contributed by atoms with Crippen molar-refractivity contribution in [3.8, 4) is 66.8 Å². The van der Waals surface area contributed by atoms with Crippen molar-refractivity contribution in [2.24, 2.45) is 0 Å². The van der Waals surface area contributed by atoms with Gasteiger partial charge in [-0.05, 0) is 174 Å². The molecule has 1 aliphatic carbocycles. The van der Waals surface area contributed by atoms with Crippen LogP contribution in [0.25, 0.3) is 66.8 Å². The SMILES string of the molecule is Cc1cc(C(C)(C)C)ccc1N1c2cc(N(c3ccc(-c4ccccc4)cc3)c3ccc(-c4ccccc4)cc3)ccc2B2c3c(cc4c(c31)-c1ccccc1C4(C)C)-c1cc(-c3ccccc3)ccc1N2c1cccc(-c2ccccc2)c1. The second kappa shape index (κ2) is 19.9. The number of hydrogen-bond donors (Lipinski definition) is 0. The largest absolute Gasteiger partial charge is 0.376 e. The minimum absolute atomic E-state index is 0.0426. The van der Waals surface area contributed by atoms with Gasteiger partial charge in [0.1, 0.15) is 0 Å². The lowest BCUT2D eigenvalue weighted by atomic mass is 9.43. The van der Waals surface area contributed by atoms with E-state index in [-0.39, 0.29) is 17.7 Å². The number of rotatable bonds is 9. The number of benzene rings is 12. The van der Waals surface area contributed by atoms with Gasteiger partial charge in [0, 0.05) is 56.4 Å².